The smallest absolute Gasteiger partial charge is 0.338 e. The fraction of sp³-hybridized carbons (Fsp3) is 0.0769. The van der Waals surface area contributed by atoms with Crippen LogP contribution in [0.1, 0.15) is 15.9 Å². The molecule has 0 bridgehead atoms. The standard InChI is InChI=1S/C13H11FN2O2S/c14-10-5-8(1-2-9(10)13(17)18)7-19-12-3-4-16-6-11(12)15/h1-6H,7,15H2,(H,17,18). The number of thioether (sulfide) groups is 1. The van der Waals surface area contributed by atoms with Gasteiger partial charge in [-0.2, -0.15) is 0 Å². The van der Waals surface area contributed by atoms with Crippen molar-refractivity contribution in [3.05, 3.63) is 53.6 Å². The van der Waals surface area contributed by atoms with Crippen molar-refractivity contribution in [3.8, 4) is 0 Å². The van der Waals surface area contributed by atoms with Crippen molar-refractivity contribution in [2.75, 3.05) is 5.73 Å². The zero-order valence-electron chi connectivity index (χ0n) is 9.84. The van der Waals surface area contributed by atoms with Crippen LogP contribution in [0.5, 0.6) is 0 Å². The predicted molar refractivity (Wildman–Crippen MR) is 71.6 cm³/mol. The number of aromatic nitrogens is 1. The molecule has 0 aliphatic rings. The Morgan fingerprint density at radius 2 is 2.21 bits per heavy atom. The Balaban J connectivity index is 2.11. The predicted octanol–water partition coefficient (Wildman–Crippen LogP) is 2.79. The van der Waals surface area contributed by atoms with Gasteiger partial charge in [-0.15, -0.1) is 11.8 Å². The average molecular weight is 278 g/mol. The van der Waals surface area contributed by atoms with Crippen LogP contribution in [0.2, 0.25) is 0 Å². The highest BCUT2D eigenvalue weighted by atomic mass is 32.2. The summed E-state index contributed by atoms with van der Waals surface area (Å²) in [4.78, 5) is 15.4. The van der Waals surface area contributed by atoms with E-state index in [4.69, 9.17) is 10.8 Å². The van der Waals surface area contributed by atoms with Gasteiger partial charge in [-0.05, 0) is 23.8 Å². The SMILES string of the molecule is Nc1cnccc1SCc1ccc(C(=O)O)c(F)c1. The lowest BCUT2D eigenvalue weighted by molar-refractivity contribution is 0.0692. The van der Waals surface area contributed by atoms with Crippen LogP contribution < -0.4 is 5.73 Å². The molecule has 0 unspecified atom stereocenters. The molecule has 0 radical (unpaired) electrons. The number of hydrogen-bond acceptors (Lipinski definition) is 4. The third-order valence-corrected chi connectivity index (χ3v) is 3.63. The lowest BCUT2D eigenvalue weighted by atomic mass is 10.1. The first-order valence-electron chi connectivity index (χ1n) is 5.42. The third-order valence-electron chi connectivity index (χ3n) is 2.47. The van der Waals surface area contributed by atoms with Crippen LogP contribution in [-0.2, 0) is 5.75 Å². The van der Waals surface area contributed by atoms with Gasteiger partial charge in [0.1, 0.15) is 5.82 Å². The van der Waals surface area contributed by atoms with Gasteiger partial charge in [-0.25, -0.2) is 9.18 Å². The molecule has 2 aromatic rings. The molecule has 6 heteroatoms. The Labute approximate surface area is 113 Å². The van der Waals surface area contributed by atoms with E-state index in [2.05, 4.69) is 4.98 Å². The quantitative estimate of drug-likeness (QED) is 0.841. The molecule has 0 fully saturated rings. The van der Waals surface area contributed by atoms with Crippen LogP contribution in [0.4, 0.5) is 10.1 Å². The summed E-state index contributed by atoms with van der Waals surface area (Å²) < 4.78 is 13.5. The summed E-state index contributed by atoms with van der Waals surface area (Å²) >= 11 is 1.44. The molecular formula is C13H11FN2O2S. The number of nitrogens with zero attached hydrogens (tertiary/aromatic N) is 1. The Hall–Kier alpha value is -2.08. The van der Waals surface area contributed by atoms with Gasteiger partial charge >= 0.3 is 5.97 Å². The molecule has 4 nitrogen and oxygen atoms in total. The fourth-order valence-electron chi connectivity index (χ4n) is 1.51. The summed E-state index contributed by atoms with van der Waals surface area (Å²) in [5.74, 6) is -1.49. The fourth-order valence-corrected chi connectivity index (χ4v) is 2.39. The molecule has 98 valence electrons. The van der Waals surface area contributed by atoms with Gasteiger partial charge in [0.05, 0.1) is 17.4 Å². The van der Waals surface area contributed by atoms with Crippen molar-refractivity contribution in [2.24, 2.45) is 0 Å². The maximum Gasteiger partial charge on any atom is 0.338 e. The molecular weight excluding hydrogens is 267 g/mol. The molecule has 3 N–H and O–H groups in total. The molecule has 2 rings (SSSR count). The molecule has 0 aliphatic carbocycles. The minimum absolute atomic E-state index is 0.322. The van der Waals surface area contributed by atoms with E-state index in [1.54, 1.807) is 24.5 Å². The van der Waals surface area contributed by atoms with Crippen molar-refractivity contribution in [1.29, 1.82) is 0 Å². The summed E-state index contributed by atoms with van der Waals surface area (Å²) in [5.41, 5.74) is 6.68. The van der Waals surface area contributed by atoms with Crippen LogP contribution in [-0.4, -0.2) is 16.1 Å². The van der Waals surface area contributed by atoms with Crippen LogP contribution in [0.15, 0.2) is 41.6 Å². The number of halogens is 1. The van der Waals surface area contributed by atoms with E-state index in [1.165, 1.54) is 23.9 Å². The highest BCUT2D eigenvalue weighted by Gasteiger charge is 2.10. The second-order valence-corrected chi connectivity index (χ2v) is 4.84. The lowest BCUT2D eigenvalue weighted by Crippen LogP contribution is -2.00. The molecule has 0 spiro atoms. The average Bonchev–Trinajstić information content (AvgIpc) is 2.37. The first kappa shape index (κ1) is 13.4. The Kier molecular flexibility index (Phi) is 4.01. The number of aromatic carboxylic acids is 1. The van der Waals surface area contributed by atoms with E-state index < -0.39 is 11.8 Å². The van der Waals surface area contributed by atoms with Gasteiger partial charge in [0, 0.05) is 16.8 Å². The summed E-state index contributed by atoms with van der Waals surface area (Å²) in [6, 6.07) is 5.87. The van der Waals surface area contributed by atoms with Crippen molar-refractivity contribution < 1.29 is 14.3 Å². The Morgan fingerprint density at radius 3 is 2.84 bits per heavy atom. The molecule has 0 amide bonds. The monoisotopic (exact) mass is 278 g/mol. The highest BCUT2D eigenvalue weighted by Crippen LogP contribution is 2.27. The second kappa shape index (κ2) is 5.71. The van der Waals surface area contributed by atoms with E-state index in [-0.39, 0.29) is 5.56 Å². The topological polar surface area (TPSA) is 76.2 Å². The number of carboxylic acid groups (broad SMARTS) is 1. The summed E-state index contributed by atoms with van der Waals surface area (Å²) in [5, 5.41) is 8.73. The van der Waals surface area contributed by atoms with Crippen LogP contribution in [0.25, 0.3) is 0 Å². The van der Waals surface area contributed by atoms with Gasteiger partial charge in [0.15, 0.2) is 0 Å². The number of nitrogens with two attached hydrogens (primary N) is 1. The van der Waals surface area contributed by atoms with Crippen LogP contribution in [0, 0.1) is 5.82 Å². The van der Waals surface area contributed by atoms with E-state index >= 15 is 0 Å². The van der Waals surface area contributed by atoms with Gasteiger partial charge in [0.2, 0.25) is 0 Å². The Bertz CT molecular complexity index is 619. The second-order valence-electron chi connectivity index (χ2n) is 3.82. The zero-order valence-corrected chi connectivity index (χ0v) is 10.7. The van der Waals surface area contributed by atoms with E-state index in [9.17, 15) is 9.18 Å². The zero-order chi connectivity index (χ0) is 13.8. The first-order valence-corrected chi connectivity index (χ1v) is 6.40. The van der Waals surface area contributed by atoms with E-state index in [1.807, 2.05) is 0 Å². The molecule has 0 saturated carbocycles. The third kappa shape index (κ3) is 3.23. The van der Waals surface area contributed by atoms with Crippen LogP contribution >= 0.6 is 11.8 Å². The molecule has 1 aromatic carbocycles. The number of hydrogen-bond donors (Lipinski definition) is 2. The molecule has 1 aromatic heterocycles. The van der Waals surface area contributed by atoms with Crippen molar-refractivity contribution in [3.63, 3.8) is 0 Å². The summed E-state index contributed by atoms with van der Waals surface area (Å²) in [7, 11) is 0. The molecule has 19 heavy (non-hydrogen) atoms. The number of rotatable bonds is 4. The minimum Gasteiger partial charge on any atom is -0.478 e. The molecule has 1 heterocycles. The van der Waals surface area contributed by atoms with Crippen molar-refractivity contribution in [2.45, 2.75) is 10.6 Å². The minimum atomic E-state index is -1.27. The van der Waals surface area contributed by atoms with Crippen LogP contribution in [0.3, 0.4) is 0 Å². The maximum absolute atomic E-state index is 13.5. The van der Waals surface area contributed by atoms with Gasteiger partial charge in [-0.1, -0.05) is 6.07 Å². The van der Waals surface area contributed by atoms with E-state index in [0.29, 0.717) is 17.0 Å². The summed E-state index contributed by atoms with van der Waals surface area (Å²) in [6.07, 6.45) is 3.18. The Morgan fingerprint density at radius 1 is 1.42 bits per heavy atom. The van der Waals surface area contributed by atoms with Gasteiger partial charge < -0.3 is 10.8 Å². The molecule has 0 atom stereocenters. The largest absolute Gasteiger partial charge is 0.478 e. The maximum atomic E-state index is 13.5. The number of nitrogen functional groups attached to an aromatic ring is 1. The van der Waals surface area contributed by atoms with Crippen molar-refractivity contribution >= 4 is 23.4 Å². The highest BCUT2D eigenvalue weighted by molar-refractivity contribution is 7.98. The normalized spacial score (nSPS) is 10.4. The molecule has 0 aliphatic heterocycles. The number of carboxylic acids is 1. The number of pyridine rings is 1. The number of benzene rings is 1. The van der Waals surface area contributed by atoms with Gasteiger partial charge in [-0.3, -0.25) is 4.98 Å². The summed E-state index contributed by atoms with van der Waals surface area (Å²) in [6.45, 7) is 0. The van der Waals surface area contributed by atoms with Gasteiger partial charge in [0.25, 0.3) is 0 Å². The van der Waals surface area contributed by atoms with E-state index in [0.717, 1.165) is 4.90 Å². The number of anilines is 1. The van der Waals surface area contributed by atoms with Crippen molar-refractivity contribution in [1.82, 2.24) is 4.98 Å². The lowest BCUT2D eigenvalue weighted by Gasteiger charge is -2.05. The first-order chi connectivity index (χ1) is 9.08. The molecule has 0 saturated heterocycles. The number of carbonyl (C=O) groups is 1.